The average Bonchev–Trinajstić information content (AvgIpc) is 3.05. The summed E-state index contributed by atoms with van der Waals surface area (Å²) >= 11 is 0. The summed E-state index contributed by atoms with van der Waals surface area (Å²) in [5, 5.41) is 16.9. The second-order valence-electron chi connectivity index (χ2n) is 6.40. The highest BCUT2D eigenvalue weighted by atomic mass is 16.6. The van der Waals surface area contributed by atoms with Crippen molar-refractivity contribution in [2.24, 2.45) is 0 Å². The van der Waals surface area contributed by atoms with Crippen LogP contribution >= 0.6 is 0 Å². The molecule has 0 bridgehead atoms. The average molecular weight is 369 g/mol. The van der Waals surface area contributed by atoms with Gasteiger partial charge in [-0.3, -0.25) is 14.9 Å². The molecule has 2 aromatic rings. The minimum atomic E-state index is -0.446. The fourth-order valence-electron chi connectivity index (χ4n) is 2.87. The highest BCUT2D eigenvalue weighted by Gasteiger charge is 2.36. The number of hydrogen-bond donors (Lipinski definition) is 2. The first-order valence-corrected chi connectivity index (χ1v) is 8.61. The van der Waals surface area contributed by atoms with Crippen molar-refractivity contribution in [1.29, 1.82) is 0 Å². The number of nitrogens with one attached hydrogen (secondary N) is 2. The molecule has 8 heteroatoms. The van der Waals surface area contributed by atoms with Gasteiger partial charge in [-0.25, -0.2) is 9.89 Å². The van der Waals surface area contributed by atoms with Gasteiger partial charge in [-0.2, -0.15) is 0 Å². The maximum absolute atomic E-state index is 12.4. The molecule has 1 unspecified atom stereocenters. The van der Waals surface area contributed by atoms with E-state index in [1.807, 2.05) is 36.6 Å². The Labute approximate surface area is 156 Å². The van der Waals surface area contributed by atoms with Crippen molar-refractivity contribution in [1.82, 2.24) is 5.32 Å². The molecule has 1 aliphatic rings. The van der Waals surface area contributed by atoms with Gasteiger partial charge in [0.05, 0.1) is 11.0 Å². The molecule has 2 aromatic carbocycles. The fourth-order valence-corrected chi connectivity index (χ4v) is 2.87. The van der Waals surface area contributed by atoms with Crippen LogP contribution in [0.4, 0.5) is 11.4 Å². The minimum Gasteiger partial charge on any atom is -0.425 e. The van der Waals surface area contributed by atoms with E-state index < -0.39 is 4.92 Å². The van der Waals surface area contributed by atoms with Crippen molar-refractivity contribution < 1.29 is 19.0 Å². The molecule has 27 heavy (non-hydrogen) atoms. The predicted molar refractivity (Wildman–Crippen MR) is 101 cm³/mol. The van der Waals surface area contributed by atoms with Gasteiger partial charge in [-0.05, 0) is 38.1 Å². The lowest BCUT2D eigenvalue weighted by Crippen LogP contribution is -2.46. The van der Waals surface area contributed by atoms with E-state index in [4.69, 9.17) is 4.74 Å². The van der Waals surface area contributed by atoms with Crippen molar-refractivity contribution in [2.75, 3.05) is 11.9 Å². The van der Waals surface area contributed by atoms with Crippen molar-refractivity contribution >= 4 is 23.3 Å². The second-order valence-corrected chi connectivity index (χ2v) is 6.40. The van der Waals surface area contributed by atoms with Crippen LogP contribution in [0, 0.1) is 10.1 Å². The zero-order valence-electron chi connectivity index (χ0n) is 15.1. The molecule has 2 N–H and O–H groups in total. The lowest BCUT2D eigenvalue weighted by atomic mass is 10.2. The summed E-state index contributed by atoms with van der Waals surface area (Å²) in [5.74, 6) is -0.175. The third kappa shape index (κ3) is 4.22. The van der Waals surface area contributed by atoms with Gasteiger partial charge < -0.3 is 10.1 Å². The molecule has 0 aromatic heterocycles. The number of non-ortho nitro benzene ring substituents is 1. The van der Waals surface area contributed by atoms with Crippen LogP contribution in [0.2, 0.25) is 0 Å². The van der Waals surface area contributed by atoms with Crippen molar-refractivity contribution in [3.63, 3.8) is 0 Å². The SMILES string of the molecule is CC(C)[N+]1=C(Nc2ccc([N+](=O)[O-])cc2)OCC1NC(=O)c1ccccc1. The summed E-state index contributed by atoms with van der Waals surface area (Å²) < 4.78 is 7.67. The molecule has 0 aliphatic carbocycles. The summed E-state index contributed by atoms with van der Waals surface area (Å²) in [7, 11) is 0. The van der Waals surface area contributed by atoms with E-state index in [2.05, 4.69) is 10.6 Å². The van der Waals surface area contributed by atoms with Crippen molar-refractivity contribution in [2.45, 2.75) is 26.1 Å². The van der Waals surface area contributed by atoms with Crippen molar-refractivity contribution in [3.8, 4) is 0 Å². The number of nitro benzene ring substituents is 1. The molecule has 1 aliphatic heterocycles. The van der Waals surface area contributed by atoms with Gasteiger partial charge in [0.15, 0.2) is 6.61 Å². The Hall–Kier alpha value is -3.42. The highest BCUT2D eigenvalue weighted by Crippen LogP contribution is 2.17. The van der Waals surface area contributed by atoms with E-state index in [-0.39, 0.29) is 23.8 Å². The molecule has 0 saturated carbocycles. The molecule has 8 nitrogen and oxygen atoms in total. The van der Waals surface area contributed by atoms with Crippen molar-refractivity contribution in [3.05, 3.63) is 70.3 Å². The topological polar surface area (TPSA) is 96.5 Å². The smallest absolute Gasteiger partial charge is 0.425 e. The van der Waals surface area contributed by atoms with Gasteiger partial charge in [0.2, 0.25) is 6.17 Å². The van der Waals surface area contributed by atoms with Gasteiger partial charge in [-0.1, -0.05) is 18.2 Å². The summed E-state index contributed by atoms with van der Waals surface area (Å²) in [4.78, 5) is 22.8. The number of anilines is 1. The molecule has 3 rings (SSSR count). The van der Waals surface area contributed by atoms with E-state index >= 15 is 0 Å². The van der Waals surface area contributed by atoms with E-state index in [1.165, 1.54) is 12.1 Å². The van der Waals surface area contributed by atoms with Crippen LogP contribution in [-0.4, -0.2) is 40.2 Å². The van der Waals surface area contributed by atoms with Gasteiger partial charge in [-0.15, -0.1) is 0 Å². The molecule has 0 spiro atoms. The van der Waals surface area contributed by atoms with E-state index in [0.29, 0.717) is 23.9 Å². The van der Waals surface area contributed by atoms with Crippen LogP contribution in [0.5, 0.6) is 0 Å². The molecular formula is C19H21N4O4+. The van der Waals surface area contributed by atoms with E-state index in [9.17, 15) is 14.9 Å². The van der Waals surface area contributed by atoms with Crippen LogP contribution in [0.3, 0.4) is 0 Å². The fraction of sp³-hybridized carbons (Fsp3) is 0.263. The lowest BCUT2D eigenvalue weighted by Gasteiger charge is -2.16. The Balaban J connectivity index is 1.77. The quantitative estimate of drug-likeness (QED) is 0.480. The first kappa shape index (κ1) is 18.4. The Morgan fingerprint density at radius 3 is 2.44 bits per heavy atom. The van der Waals surface area contributed by atoms with E-state index in [0.717, 1.165) is 0 Å². The molecule has 0 radical (unpaired) electrons. The van der Waals surface area contributed by atoms with Crippen LogP contribution in [0.15, 0.2) is 54.6 Å². The first-order valence-electron chi connectivity index (χ1n) is 8.61. The van der Waals surface area contributed by atoms with Gasteiger partial charge >= 0.3 is 6.02 Å². The molecule has 0 saturated heterocycles. The monoisotopic (exact) mass is 369 g/mol. The molecule has 1 amide bonds. The second kappa shape index (κ2) is 7.86. The van der Waals surface area contributed by atoms with Crippen LogP contribution in [0.25, 0.3) is 0 Å². The number of benzene rings is 2. The number of amidine groups is 1. The number of nitro groups is 1. The number of amides is 1. The molecular weight excluding hydrogens is 348 g/mol. The molecule has 140 valence electrons. The largest absolute Gasteiger partial charge is 0.451 e. The number of carbonyl (C=O) groups is 1. The Kier molecular flexibility index (Phi) is 5.35. The lowest BCUT2D eigenvalue weighted by molar-refractivity contribution is -0.588. The zero-order valence-corrected chi connectivity index (χ0v) is 15.1. The molecule has 1 atom stereocenters. The maximum atomic E-state index is 12.4. The molecule has 1 heterocycles. The number of rotatable bonds is 5. The number of hydrogen-bond acceptors (Lipinski definition) is 5. The first-order chi connectivity index (χ1) is 13.0. The molecule has 0 fully saturated rings. The number of carbonyl (C=O) groups excluding carboxylic acids is 1. The Bertz CT molecular complexity index is 863. The standard InChI is InChI=1S/C19H20N4O4/c1-13(2)22-17(21-18(24)14-6-4-3-5-7-14)12-27-19(22)20-15-8-10-16(11-9-15)23(25)26/h3-11,13,17H,12H2,1-2H3,(H,21,24)/p+1. The van der Waals surface area contributed by atoms with Crippen LogP contribution in [-0.2, 0) is 4.74 Å². The summed E-state index contributed by atoms with van der Waals surface area (Å²) in [6.45, 7) is 4.29. The number of ether oxygens (including phenoxy) is 1. The summed E-state index contributed by atoms with van der Waals surface area (Å²) in [6, 6.07) is 15.6. The minimum absolute atomic E-state index is 0.0200. The van der Waals surface area contributed by atoms with Gasteiger partial charge in [0.25, 0.3) is 11.6 Å². The third-order valence-corrected chi connectivity index (χ3v) is 4.17. The normalized spacial score (nSPS) is 16.2. The maximum Gasteiger partial charge on any atom is 0.451 e. The summed E-state index contributed by atoms with van der Waals surface area (Å²) in [6.07, 6.45) is -0.321. The third-order valence-electron chi connectivity index (χ3n) is 4.17. The van der Waals surface area contributed by atoms with Gasteiger partial charge in [0, 0.05) is 17.7 Å². The summed E-state index contributed by atoms with van der Waals surface area (Å²) in [5.41, 5.74) is 1.26. The van der Waals surface area contributed by atoms with Gasteiger partial charge in [0.1, 0.15) is 5.69 Å². The highest BCUT2D eigenvalue weighted by molar-refractivity contribution is 5.94. The van der Waals surface area contributed by atoms with Crippen LogP contribution < -0.4 is 10.6 Å². The van der Waals surface area contributed by atoms with Crippen LogP contribution in [0.1, 0.15) is 24.2 Å². The Morgan fingerprint density at radius 2 is 1.85 bits per heavy atom. The zero-order chi connectivity index (χ0) is 19.4. The predicted octanol–water partition coefficient (Wildman–Crippen LogP) is 2.57. The number of nitrogens with zero attached hydrogens (tertiary/aromatic N) is 2. The van der Waals surface area contributed by atoms with E-state index in [1.54, 1.807) is 24.3 Å². The Morgan fingerprint density at radius 1 is 1.19 bits per heavy atom.